The van der Waals surface area contributed by atoms with E-state index >= 15 is 0 Å². The van der Waals surface area contributed by atoms with Crippen molar-refractivity contribution in [2.45, 2.75) is 44.9 Å². The highest BCUT2D eigenvalue weighted by Gasteiger charge is 2.37. The van der Waals surface area contributed by atoms with Crippen LogP contribution in [-0.4, -0.2) is 18.7 Å². The van der Waals surface area contributed by atoms with Gasteiger partial charge in [0.25, 0.3) is 0 Å². The largest absolute Gasteiger partial charge is 0.259 e. The number of aryl methyl sites for hydroxylation is 1. The fourth-order valence-electron chi connectivity index (χ4n) is 1.94. The predicted octanol–water partition coefficient (Wildman–Crippen LogP) is 2.17. The highest BCUT2D eigenvalue weighted by atomic mass is 32.2. The Morgan fingerprint density at radius 2 is 2.06 bits per heavy atom. The van der Waals surface area contributed by atoms with Crippen LogP contribution in [0, 0.1) is 12.8 Å². The Hall–Kier alpha value is -0.940. The molecule has 2 rings (SSSR count). The number of hydrogen-bond donors (Lipinski definition) is 1. The van der Waals surface area contributed by atoms with Crippen LogP contribution in [0.5, 0.6) is 0 Å². The predicted molar refractivity (Wildman–Crippen MR) is 71.6 cm³/mol. The Balaban J connectivity index is 2.28. The first-order valence-corrected chi connectivity index (χ1v) is 7.89. The fraction of sp³-hybridized carbons (Fsp3) is 0.615. The van der Waals surface area contributed by atoms with E-state index in [0.29, 0.717) is 5.92 Å². The lowest BCUT2D eigenvalue weighted by molar-refractivity contribution is 0.513. The highest BCUT2D eigenvalue weighted by molar-refractivity contribution is 7.90. The van der Waals surface area contributed by atoms with Crippen LogP contribution in [0.15, 0.2) is 18.3 Å². The normalized spacial score (nSPS) is 18.0. The van der Waals surface area contributed by atoms with Crippen molar-refractivity contribution < 1.29 is 8.42 Å². The summed E-state index contributed by atoms with van der Waals surface area (Å²) in [5, 5.41) is -0.414. The molecule has 0 radical (unpaired) electrons. The molecule has 1 atom stereocenters. The van der Waals surface area contributed by atoms with Gasteiger partial charge in [0.05, 0.1) is 17.0 Å². The van der Waals surface area contributed by atoms with Gasteiger partial charge in [-0.05, 0) is 51.2 Å². The number of hydrogen-bond acceptors (Lipinski definition) is 3. The standard InChI is InChI=1S/C13H20N2O2S/c1-9(2)18(16,17)15-13(11-6-7-11)12-10(3)5-4-8-14-12/h4-5,8-9,11,13,15H,6-7H2,1-3H3/t13-/m0/s1. The smallest absolute Gasteiger partial charge is 0.214 e. The van der Waals surface area contributed by atoms with Gasteiger partial charge in [-0.25, -0.2) is 13.1 Å². The van der Waals surface area contributed by atoms with E-state index in [1.165, 1.54) is 0 Å². The van der Waals surface area contributed by atoms with Crippen LogP contribution in [0.1, 0.15) is 44.0 Å². The van der Waals surface area contributed by atoms with E-state index in [-0.39, 0.29) is 6.04 Å². The summed E-state index contributed by atoms with van der Waals surface area (Å²) >= 11 is 0. The van der Waals surface area contributed by atoms with Gasteiger partial charge in [-0.3, -0.25) is 4.98 Å². The minimum absolute atomic E-state index is 0.168. The summed E-state index contributed by atoms with van der Waals surface area (Å²) in [5.41, 5.74) is 1.91. The Labute approximate surface area is 109 Å². The van der Waals surface area contributed by atoms with E-state index in [9.17, 15) is 8.42 Å². The third-order valence-corrected chi connectivity index (χ3v) is 5.17. The minimum Gasteiger partial charge on any atom is -0.259 e. The van der Waals surface area contributed by atoms with Gasteiger partial charge < -0.3 is 0 Å². The maximum Gasteiger partial charge on any atom is 0.214 e. The van der Waals surface area contributed by atoms with Crippen molar-refractivity contribution in [3.05, 3.63) is 29.6 Å². The number of aromatic nitrogens is 1. The number of pyridine rings is 1. The van der Waals surface area contributed by atoms with Crippen LogP contribution >= 0.6 is 0 Å². The summed E-state index contributed by atoms with van der Waals surface area (Å²) in [5.74, 6) is 0.395. The van der Waals surface area contributed by atoms with E-state index in [1.54, 1.807) is 20.0 Å². The van der Waals surface area contributed by atoms with E-state index in [1.807, 2.05) is 19.1 Å². The number of nitrogens with one attached hydrogen (secondary N) is 1. The van der Waals surface area contributed by atoms with Crippen LogP contribution < -0.4 is 4.72 Å². The Morgan fingerprint density at radius 1 is 1.39 bits per heavy atom. The molecule has 0 spiro atoms. The van der Waals surface area contributed by atoms with Crippen LogP contribution in [0.3, 0.4) is 0 Å². The summed E-state index contributed by atoms with van der Waals surface area (Å²) in [6.07, 6.45) is 3.87. The average molecular weight is 268 g/mol. The molecule has 1 aliphatic carbocycles. The number of rotatable bonds is 5. The Morgan fingerprint density at radius 3 is 2.56 bits per heavy atom. The van der Waals surface area contributed by atoms with Crippen molar-refractivity contribution in [2.24, 2.45) is 5.92 Å². The maximum atomic E-state index is 12.0. The van der Waals surface area contributed by atoms with Gasteiger partial charge >= 0.3 is 0 Å². The molecule has 100 valence electrons. The topological polar surface area (TPSA) is 59.1 Å². The first kappa shape index (κ1) is 13.5. The molecule has 4 nitrogen and oxygen atoms in total. The lowest BCUT2D eigenvalue weighted by atomic mass is 10.1. The summed E-state index contributed by atoms with van der Waals surface area (Å²) in [6, 6.07) is 3.68. The van der Waals surface area contributed by atoms with Crippen LogP contribution in [0.25, 0.3) is 0 Å². The fourth-order valence-corrected chi connectivity index (χ4v) is 2.87. The number of sulfonamides is 1. The molecule has 1 aromatic heterocycles. The molecule has 1 aromatic rings. The second kappa shape index (κ2) is 4.97. The molecule has 0 aromatic carbocycles. The molecule has 5 heteroatoms. The molecule has 0 saturated heterocycles. The second-order valence-electron chi connectivity index (χ2n) is 5.23. The SMILES string of the molecule is Cc1cccnc1[C@@H](NS(=O)(=O)C(C)C)C1CC1. The van der Waals surface area contributed by atoms with E-state index in [2.05, 4.69) is 9.71 Å². The van der Waals surface area contributed by atoms with Crippen LogP contribution in [-0.2, 0) is 10.0 Å². The van der Waals surface area contributed by atoms with E-state index < -0.39 is 15.3 Å². The van der Waals surface area contributed by atoms with Crippen molar-refractivity contribution in [3.63, 3.8) is 0 Å². The van der Waals surface area contributed by atoms with Gasteiger partial charge in [0.2, 0.25) is 10.0 Å². The maximum absolute atomic E-state index is 12.0. The molecule has 0 amide bonds. The molecule has 0 bridgehead atoms. The lowest BCUT2D eigenvalue weighted by Crippen LogP contribution is -2.35. The summed E-state index contributed by atoms with van der Waals surface area (Å²) in [4.78, 5) is 4.36. The molecular formula is C13H20N2O2S. The molecule has 0 unspecified atom stereocenters. The van der Waals surface area contributed by atoms with Gasteiger partial charge in [-0.15, -0.1) is 0 Å². The molecule has 18 heavy (non-hydrogen) atoms. The Bertz CT molecular complexity index is 522. The van der Waals surface area contributed by atoms with Crippen LogP contribution in [0.2, 0.25) is 0 Å². The summed E-state index contributed by atoms with van der Waals surface area (Å²) in [6.45, 7) is 5.36. The third-order valence-electron chi connectivity index (χ3n) is 3.35. The van der Waals surface area contributed by atoms with Gasteiger partial charge in [0.15, 0.2) is 0 Å². The van der Waals surface area contributed by atoms with Crippen molar-refractivity contribution in [3.8, 4) is 0 Å². The van der Waals surface area contributed by atoms with Crippen LogP contribution in [0.4, 0.5) is 0 Å². The summed E-state index contributed by atoms with van der Waals surface area (Å²) < 4.78 is 26.9. The van der Waals surface area contributed by atoms with Gasteiger partial charge in [-0.1, -0.05) is 6.07 Å². The zero-order chi connectivity index (χ0) is 13.3. The molecule has 1 aliphatic rings. The highest BCUT2D eigenvalue weighted by Crippen LogP contribution is 2.41. The molecule has 1 fully saturated rings. The zero-order valence-electron chi connectivity index (χ0n) is 11.1. The average Bonchev–Trinajstić information content (AvgIpc) is 3.10. The molecule has 1 heterocycles. The third kappa shape index (κ3) is 2.90. The molecule has 1 N–H and O–H groups in total. The zero-order valence-corrected chi connectivity index (χ0v) is 11.9. The second-order valence-corrected chi connectivity index (χ2v) is 7.50. The molecule has 1 saturated carbocycles. The van der Waals surface area contributed by atoms with E-state index in [4.69, 9.17) is 0 Å². The van der Waals surface area contributed by atoms with Crippen molar-refractivity contribution in [1.82, 2.24) is 9.71 Å². The quantitative estimate of drug-likeness (QED) is 0.890. The van der Waals surface area contributed by atoms with Crippen molar-refractivity contribution in [2.75, 3.05) is 0 Å². The van der Waals surface area contributed by atoms with Gasteiger partial charge in [-0.2, -0.15) is 0 Å². The van der Waals surface area contributed by atoms with Crippen molar-refractivity contribution >= 4 is 10.0 Å². The molecular weight excluding hydrogens is 248 g/mol. The minimum atomic E-state index is -3.26. The van der Waals surface area contributed by atoms with Gasteiger partial charge in [0.1, 0.15) is 0 Å². The number of nitrogens with zero attached hydrogens (tertiary/aromatic N) is 1. The molecule has 0 aliphatic heterocycles. The lowest BCUT2D eigenvalue weighted by Gasteiger charge is -2.20. The first-order chi connectivity index (χ1) is 8.42. The Kier molecular flexibility index (Phi) is 3.73. The van der Waals surface area contributed by atoms with Crippen molar-refractivity contribution in [1.29, 1.82) is 0 Å². The monoisotopic (exact) mass is 268 g/mol. The van der Waals surface area contributed by atoms with Gasteiger partial charge in [0, 0.05) is 6.20 Å². The van der Waals surface area contributed by atoms with E-state index in [0.717, 1.165) is 24.1 Å². The first-order valence-electron chi connectivity index (χ1n) is 6.34. The summed E-state index contributed by atoms with van der Waals surface area (Å²) in [7, 11) is -3.26.